The Kier molecular flexibility index (Phi) is 9.04. The lowest BCUT2D eigenvalue weighted by molar-refractivity contribution is -0.133. The van der Waals surface area contributed by atoms with Crippen LogP contribution < -0.4 is 5.32 Å². The van der Waals surface area contributed by atoms with E-state index >= 15 is 0 Å². The highest BCUT2D eigenvalue weighted by atomic mass is 32.1. The fourth-order valence-electron chi connectivity index (χ4n) is 3.40. The first-order valence-corrected chi connectivity index (χ1v) is 11.8. The van der Waals surface area contributed by atoms with Crippen molar-refractivity contribution < 1.29 is 14.3 Å². The van der Waals surface area contributed by atoms with Gasteiger partial charge in [0.2, 0.25) is 5.91 Å². The topological polar surface area (TPSA) is 61.9 Å². The molecule has 1 N–H and O–H groups in total. The maximum atomic E-state index is 13.5. The second-order valence-corrected chi connectivity index (χ2v) is 8.92. The van der Waals surface area contributed by atoms with Crippen molar-refractivity contribution in [2.75, 3.05) is 32.1 Å². The summed E-state index contributed by atoms with van der Waals surface area (Å²) in [6.07, 6.45) is 0. The molecule has 0 aliphatic rings. The number of aryl methyl sites for hydroxylation is 2. The maximum Gasteiger partial charge on any atom is 0.322 e. The summed E-state index contributed by atoms with van der Waals surface area (Å²) in [5.74, 6) is -0.109. The van der Waals surface area contributed by atoms with Gasteiger partial charge >= 0.3 is 6.03 Å². The van der Waals surface area contributed by atoms with E-state index in [1.807, 2.05) is 71.8 Å². The highest BCUT2D eigenvalue weighted by Crippen LogP contribution is 2.20. The summed E-state index contributed by atoms with van der Waals surface area (Å²) >= 11 is 1.64. The average Bonchev–Trinajstić information content (AvgIpc) is 3.22. The molecule has 6 nitrogen and oxygen atoms in total. The SMILES string of the molecule is COCCN(CC(=O)N(Cc1ccccc1)Cc1sccc1C)C(=O)Nc1ccccc1C. The van der Waals surface area contributed by atoms with Gasteiger partial charge in [0.15, 0.2) is 0 Å². The standard InChI is InChI=1S/C26H31N3O3S/c1-20-9-7-8-12-23(20)27-26(31)28(14-15-32-3)19-25(30)29(17-22-10-5-4-6-11-22)18-24-21(2)13-16-33-24/h4-13,16H,14-15,17-19H2,1-3H3,(H,27,31). The van der Waals surface area contributed by atoms with Crippen LogP contribution in [0.1, 0.15) is 21.6 Å². The minimum absolute atomic E-state index is 0.0294. The zero-order chi connectivity index (χ0) is 23.6. The van der Waals surface area contributed by atoms with Gasteiger partial charge in [0, 0.05) is 30.8 Å². The molecular weight excluding hydrogens is 434 g/mol. The Labute approximate surface area is 199 Å². The third kappa shape index (κ3) is 7.17. The first-order valence-electron chi connectivity index (χ1n) is 10.9. The Morgan fingerprint density at radius 1 is 0.909 bits per heavy atom. The highest BCUT2D eigenvalue weighted by Gasteiger charge is 2.23. The molecule has 3 amide bonds. The molecule has 2 aromatic carbocycles. The summed E-state index contributed by atoms with van der Waals surface area (Å²) in [6, 6.07) is 19.2. The molecule has 33 heavy (non-hydrogen) atoms. The van der Waals surface area contributed by atoms with Crippen LogP contribution in [0.5, 0.6) is 0 Å². The molecule has 0 radical (unpaired) electrons. The number of para-hydroxylation sites is 1. The summed E-state index contributed by atoms with van der Waals surface area (Å²) in [6.45, 7) is 5.61. The summed E-state index contributed by atoms with van der Waals surface area (Å²) < 4.78 is 5.19. The van der Waals surface area contributed by atoms with Crippen molar-refractivity contribution in [2.45, 2.75) is 26.9 Å². The highest BCUT2D eigenvalue weighted by molar-refractivity contribution is 7.10. The van der Waals surface area contributed by atoms with E-state index in [1.54, 1.807) is 18.4 Å². The molecule has 0 saturated carbocycles. The van der Waals surface area contributed by atoms with Gasteiger partial charge in [0.25, 0.3) is 0 Å². The molecule has 3 aromatic rings. The lowest BCUT2D eigenvalue weighted by Gasteiger charge is -2.28. The van der Waals surface area contributed by atoms with E-state index in [4.69, 9.17) is 4.74 Å². The van der Waals surface area contributed by atoms with Crippen LogP contribution >= 0.6 is 11.3 Å². The van der Waals surface area contributed by atoms with Crippen LogP contribution in [-0.2, 0) is 22.6 Å². The minimum atomic E-state index is -0.318. The molecule has 0 saturated heterocycles. The zero-order valence-corrected chi connectivity index (χ0v) is 20.2. The summed E-state index contributed by atoms with van der Waals surface area (Å²) in [5, 5.41) is 4.97. The lowest BCUT2D eigenvalue weighted by atomic mass is 10.2. The molecule has 3 rings (SSSR count). The number of urea groups is 1. The summed E-state index contributed by atoms with van der Waals surface area (Å²) in [7, 11) is 1.58. The van der Waals surface area contributed by atoms with Crippen LogP contribution in [-0.4, -0.2) is 48.5 Å². The first kappa shape index (κ1) is 24.5. The quantitative estimate of drug-likeness (QED) is 0.455. The number of nitrogens with one attached hydrogen (secondary N) is 1. The summed E-state index contributed by atoms with van der Waals surface area (Å²) in [4.78, 5) is 31.0. The molecule has 0 aliphatic heterocycles. The normalized spacial score (nSPS) is 10.6. The molecule has 0 bridgehead atoms. The summed E-state index contributed by atoms with van der Waals surface area (Å²) in [5.41, 5.74) is 3.91. The van der Waals surface area contributed by atoms with Gasteiger partial charge in [-0.3, -0.25) is 4.79 Å². The average molecular weight is 466 g/mol. The molecule has 0 spiro atoms. The molecule has 0 atom stereocenters. The third-order valence-electron chi connectivity index (χ3n) is 5.44. The smallest absolute Gasteiger partial charge is 0.322 e. The third-order valence-corrected chi connectivity index (χ3v) is 6.44. The largest absolute Gasteiger partial charge is 0.383 e. The van der Waals surface area contributed by atoms with E-state index in [9.17, 15) is 9.59 Å². The van der Waals surface area contributed by atoms with E-state index in [1.165, 1.54) is 10.5 Å². The molecule has 0 fully saturated rings. The number of hydrogen-bond acceptors (Lipinski definition) is 4. The predicted octanol–water partition coefficient (Wildman–Crippen LogP) is 5.07. The molecule has 7 heteroatoms. The number of nitrogens with zero attached hydrogens (tertiary/aromatic N) is 2. The van der Waals surface area contributed by atoms with Crippen LogP contribution in [0, 0.1) is 13.8 Å². The Hall–Kier alpha value is -3.16. The second kappa shape index (κ2) is 12.2. The Balaban J connectivity index is 1.77. The number of carbonyl (C=O) groups is 2. The van der Waals surface area contributed by atoms with Crippen LogP contribution in [0.4, 0.5) is 10.5 Å². The van der Waals surface area contributed by atoms with E-state index in [-0.39, 0.29) is 18.5 Å². The van der Waals surface area contributed by atoms with Crippen molar-refractivity contribution in [1.82, 2.24) is 9.80 Å². The fourth-order valence-corrected chi connectivity index (χ4v) is 4.32. The Bertz CT molecular complexity index is 1050. The van der Waals surface area contributed by atoms with E-state index in [2.05, 4.69) is 18.3 Å². The molecule has 174 valence electrons. The number of anilines is 1. The van der Waals surface area contributed by atoms with Crippen molar-refractivity contribution >= 4 is 29.0 Å². The van der Waals surface area contributed by atoms with Crippen LogP contribution in [0.2, 0.25) is 0 Å². The van der Waals surface area contributed by atoms with Crippen LogP contribution in [0.3, 0.4) is 0 Å². The zero-order valence-electron chi connectivity index (χ0n) is 19.4. The van der Waals surface area contributed by atoms with Gasteiger partial charge < -0.3 is 19.9 Å². The second-order valence-electron chi connectivity index (χ2n) is 7.92. The minimum Gasteiger partial charge on any atom is -0.383 e. The van der Waals surface area contributed by atoms with Gasteiger partial charge in [-0.05, 0) is 48.1 Å². The lowest BCUT2D eigenvalue weighted by Crippen LogP contribution is -2.45. The molecule has 0 unspecified atom stereocenters. The van der Waals surface area contributed by atoms with Crippen molar-refractivity contribution in [2.24, 2.45) is 0 Å². The Morgan fingerprint density at radius 2 is 1.64 bits per heavy atom. The van der Waals surface area contributed by atoms with Crippen molar-refractivity contribution in [1.29, 1.82) is 0 Å². The monoisotopic (exact) mass is 465 g/mol. The van der Waals surface area contributed by atoms with Gasteiger partial charge in [-0.25, -0.2) is 4.79 Å². The number of ether oxygens (including phenoxy) is 1. The van der Waals surface area contributed by atoms with Gasteiger partial charge in [-0.2, -0.15) is 0 Å². The number of carbonyl (C=O) groups excluding carboxylic acids is 2. The molecule has 1 heterocycles. The maximum absolute atomic E-state index is 13.5. The van der Waals surface area contributed by atoms with Gasteiger partial charge in [0.1, 0.15) is 6.54 Å². The van der Waals surface area contributed by atoms with Gasteiger partial charge in [-0.1, -0.05) is 48.5 Å². The number of hydrogen-bond donors (Lipinski definition) is 1. The number of amides is 3. The van der Waals surface area contributed by atoms with E-state index < -0.39 is 0 Å². The van der Waals surface area contributed by atoms with Crippen molar-refractivity contribution in [3.05, 3.63) is 87.6 Å². The van der Waals surface area contributed by atoms with E-state index in [0.29, 0.717) is 26.2 Å². The number of methoxy groups -OCH3 is 1. The first-order chi connectivity index (χ1) is 16.0. The number of rotatable bonds is 10. The predicted molar refractivity (Wildman–Crippen MR) is 133 cm³/mol. The van der Waals surface area contributed by atoms with Crippen LogP contribution in [0.15, 0.2) is 66.0 Å². The molecular formula is C26H31N3O3S. The van der Waals surface area contributed by atoms with Gasteiger partial charge in [-0.15, -0.1) is 11.3 Å². The Morgan fingerprint density at radius 3 is 2.30 bits per heavy atom. The number of thiophene rings is 1. The van der Waals surface area contributed by atoms with Gasteiger partial charge in [0.05, 0.1) is 13.2 Å². The van der Waals surface area contributed by atoms with Crippen LogP contribution in [0.25, 0.3) is 0 Å². The fraction of sp³-hybridized carbons (Fsp3) is 0.308. The van der Waals surface area contributed by atoms with E-state index in [0.717, 1.165) is 21.7 Å². The van der Waals surface area contributed by atoms with Crippen molar-refractivity contribution in [3.63, 3.8) is 0 Å². The number of benzene rings is 2. The molecule has 1 aromatic heterocycles. The van der Waals surface area contributed by atoms with Crippen molar-refractivity contribution in [3.8, 4) is 0 Å². The molecule has 0 aliphatic carbocycles.